The van der Waals surface area contributed by atoms with Gasteiger partial charge in [0.1, 0.15) is 5.75 Å². The van der Waals surface area contributed by atoms with E-state index >= 15 is 0 Å². The Morgan fingerprint density at radius 2 is 2.12 bits per heavy atom. The third-order valence-electron chi connectivity index (χ3n) is 6.85. The predicted molar refractivity (Wildman–Crippen MR) is 91.6 cm³/mol. The van der Waals surface area contributed by atoms with Crippen molar-refractivity contribution < 1.29 is 18.6 Å². The van der Waals surface area contributed by atoms with Crippen molar-refractivity contribution in [2.24, 2.45) is 23.1 Å². The zero-order valence-corrected chi connectivity index (χ0v) is 14.8. The highest BCUT2D eigenvalue weighted by molar-refractivity contribution is 7.90. The van der Waals surface area contributed by atoms with Crippen molar-refractivity contribution in [1.29, 1.82) is 0 Å². The fraction of sp³-hybridized carbons (Fsp3) is 0.667. The first-order chi connectivity index (χ1) is 11.6. The minimum Gasteiger partial charge on any atom is -0.399 e. The Bertz CT molecular complexity index is 613. The second kappa shape index (κ2) is 6.50. The van der Waals surface area contributed by atoms with Gasteiger partial charge in [-0.05, 0) is 85.0 Å². The molecule has 6 heteroatoms. The first-order valence-corrected chi connectivity index (χ1v) is 9.48. The second-order valence-electron chi connectivity index (χ2n) is 7.73. The lowest BCUT2D eigenvalue weighted by Gasteiger charge is -2.50. The molecule has 2 saturated carbocycles. The Balaban J connectivity index is 1.55. The highest BCUT2D eigenvalue weighted by atomic mass is 32.2. The summed E-state index contributed by atoms with van der Waals surface area (Å²) in [4.78, 5) is 4.02. The lowest BCUT2D eigenvalue weighted by Crippen LogP contribution is -2.43. The van der Waals surface area contributed by atoms with Gasteiger partial charge in [0.25, 0.3) is 12.3 Å². The molecule has 0 spiro atoms. The molecular weight excluding hydrogens is 326 g/mol. The summed E-state index contributed by atoms with van der Waals surface area (Å²) in [7, 11) is 0. The molecule has 1 aromatic rings. The van der Waals surface area contributed by atoms with Gasteiger partial charge in [-0.3, -0.25) is 0 Å². The Morgan fingerprint density at radius 3 is 2.96 bits per heavy atom. The first-order valence-electron chi connectivity index (χ1n) is 8.81. The molecule has 132 valence electrons. The highest BCUT2D eigenvalue weighted by Crippen LogP contribution is 2.60. The summed E-state index contributed by atoms with van der Waals surface area (Å²) in [6.45, 7) is 2.31. The van der Waals surface area contributed by atoms with Gasteiger partial charge in [-0.25, -0.2) is 0 Å². The van der Waals surface area contributed by atoms with Crippen LogP contribution in [0.25, 0.3) is 0 Å². The van der Waals surface area contributed by atoms with Crippen LogP contribution in [-0.4, -0.2) is 11.2 Å². The maximum absolute atomic E-state index is 10.5. The number of aryl methyl sites for hydroxylation is 1. The third-order valence-corrected chi connectivity index (χ3v) is 7.24. The molecule has 0 bridgehead atoms. The average molecular weight is 351 g/mol. The lowest BCUT2D eigenvalue weighted by atomic mass is 9.55. The molecule has 0 amide bonds. The normalized spacial score (nSPS) is 37.5. The summed E-state index contributed by atoms with van der Waals surface area (Å²) in [6, 6.07) is 6.31. The van der Waals surface area contributed by atoms with Gasteiger partial charge in [-0.15, -0.1) is 9.32 Å². The third kappa shape index (κ3) is 2.65. The van der Waals surface area contributed by atoms with Gasteiger partial charge in [0.2, 0.25) is 0 Å². The van der Waals surface area contributed by atoms with E-state index in [1.807, 2.05) is 6.07 Å². The van der Waals surface area contributed by atoms with Gasteiger partial charge in [0.05, 0.1) is 6.10 Å². The molecule has 3 aliphatic carbocycles. The maximum Gasteiger partial charge on any atom is 0.260 e. The summed E-state index contributed by atoms with van der Waals surface area (Å²) in [5.41, 5.74) is 2.99. The Morgan fingerprint density at radius 1 is 1.25 bits per heavy atom. The van der Waals surface area contributed by atoms with E-state index in [2.05, 4.69) is 28.4 Å². The van der Waals surface area contributed by atoms with Gasteiger partial charge < -0.3 is 9.29 Å². The zero-order chi connectivity index (χ0) is 16.7. The predicted octanol–water partition coefficient (Wildman–Crippen LogP) is 3.67. The van der Waals surface area contributed by atoms with Crippen molar-refractivity contribution >= 4 is 12.3 Å². The van der Waals surface area contributed by atoms with Crippen LogP contribution in [0.3, 0.4) is 0 Å². The van der Waals surface area contributed by atoms with Crippen LogP contribution in [0, 0.1) is 17.3 Å². The van der Waals surface area contributed by atoms with Crippen LogP contribution in [0.5, 0.6) is 5.75 Å². The van der Waals surface area contributed by atoms with Crippen molar-refractivity contribution in [3.8, 4) is 5.75 Å². The number of hydrogen-bond donors (Lipinski definition) is 2. The van der Waals surface area contributed by atoms with Crippen molar-refractivity contribution in [3.63, 3.8) is 0 Å². The van der Waals surface area contributed by atoms with Gasteiger partial charge >= 0.3 is 0 Å². The molecule has 3 aliphatic rings. The number of fused-ring (bicyclic) bond motifs is 5. The average Bonchev–Trinajstić information content (AvgIpc) is 2.90. The molecule has 5 unspecified atom stereocenters. The topological polar surface area (TPSA) is 73.9 Å². The standard InChI is InChI=1S/C18H25NO4S/c1-18-9-8-14-13-5-3-12(21-24-23-22-19)10-11(13)2-4-15(14)16(18)6-7-17(18)20/h3,5,10,14-17,20H,2,4,6-9,19H2,1H3. The van der Waals surface area contributed by atoms with Crippen LogP contribution in [0.2, 0.25) is 0 Å². The van der Waals surface area contributed by atoms with Crippen molar-refractivity contribution in [1.82, 2.24) is 0 Å². The quantitative estimate of drug-likeness (QED) is 0.373. The van der Waals surface area contributed by atoms with Gasteiger partial charge in [0, 0.05) is 0 Å². The smallest absolute Gasteiger partial charge is 0.260 e. The molecule has 0 aliphatic heterocycles. The van der Waals surface area contributed by atoms with Crippen LogP contribution < -0.4 is 10.1 Å². The number of aliphatic hydroxyl groups excluding tert-OH is 1. The lowest BCUT2D eigenvalue weighted by molar-refractivity contribution is -0.199. The Kier molecular flexibility index (Phi) is 4.51. The minimum absolute atomic E-state index is 0.109. The number of benzene rings is 1. The summed E-state index contributed by atoms with van der Waals surface area (Å²) in [5, 5.41) is 10.5. The van der Waals surface area contributed by atoms with E-state index in [9.17, 15) is 5.11 Å². The van der Waals surface area contributed by atoms with Crippen molar-refractivity contribution in [2.75, 3.05) is 0 Å². The van der Waals surface area contributed by atoms with E-state index in [4.69, 9.17) is 10.1 Å². The molecular formula is C18H25NO4S. The number of rotatable bonds is 4. The molecule has 4 rings (SSSR count). The second-order valence-corrected chi connectivity index (χ2v) is 8.17. The van der Waals surface area contributed by atoms with E-state index in [-0.39, 0.29) is 11.5 Å². The maximum atomic E-state index is 10.5. The van der Waals surface area contributed by atoms with Crippen LogP contribution >= 0.6 is 12.3 Å². The van der Waals surface area contributed by atoms with Gasteiger partial charge in [-0.1, -0.05) is 13.0 Å². The zero-order valence-electron chi connectivity index (χ0n) is 13.9. The van der Waals surface area contributed by atoms with Gasteiger partial charge in [0.15, 0.2) is 0 Å². The molecule has 1 aromatic carbocycles. The first kappa shape index (κ1) is 16.7. The molecule has 3 N–H and O–H groups in total. The summed E-state index contributed by atoms with van der Waals surface area (Å²) in [6.07, 6.45) is 6.66. The van der Waals surface area contributed by atoms with E-state index in [1.54, 1.807) is 0 Å². The van der Waals surface area contributed by atoms with E-state index in [1.165, 1.54) is 30.4 Å². The summed E-state index contributed by atoms with van der Waals surface area (Å²) < 4.78 is 9.89. The monoisotopic (exact) mass is 351 g/mol. The number of aliphatic hydroxyl groups is 1. The Labute approximate surface area is 147 Å². The fourth-order valence-corrected chi connectivity index (χ4v) is 5.89. The van der Waals surface area contributed by atoms with E-state index < -0.39 is 0 Å². The molecule has 0 saturated heterocycles. The molecule has 0 aromatic heterocycles. The number of nitrogens with two attached hydrogens (primary N) is 1. The van der Waals surface area contributed by atoms with Crippen LogP contribution in [0.15, 0.2) is 18.2 Å². The highest BCUT2D eigenvalue weighted by Gasteiger charge is 2.54. The molecule has 0 radical (unpaired) electrons. The molecule has 0 heterocycles. The van der Waals surface area contributed by atoms with Crippen LogP contribution in [-0.2, 0) is 15.7 Å². The van der Waals surface area contributed by atoms with Gasteiger partial charge in [-0.2, -0.15) is 5.90 Å². The molecule has 5 atom stereocenters. The van der Waals surface area contributed by atoms with Crippen molar-refractivity contribution in [2.45, 2.75) is 57.5 Å². The van der Waals surface area contributed by atoms with Crippen LogP contribution in [0.4, 0.5) is 0 Å². The molecule has 24 heavy (non-hydrogen) atoms. The molecule has 2 fully saturated rings. The molecule has 5 nitrogen and oxygen atoms in total. The fourth-order valence-electron chi connectivity index (χ4n) is 5.65. The SMILES string of the molecule is CC12CCC3c4ccc(OSOON)cc4CCC3C1CCC2O. The van der Waals surface area contributed by atoms with Crippen LogP contribution in [0.1, 0.15) is 56.1 Å². The van der Waals surface area contributed by atoms with E-state index in [0.717, 1.165) is 37.3 Å². The minimum atomic E-state index is -0.109. The largest absolute Gasteiger partial charge is 0.399 e. The number of hydrogen-bond acceptors (Lipinski definition) is 6. The summed E-state index contributed by atoms with van der Waals surface area (Å²) >= 11 is 0.717. The Hall–Kier alpha value is -0.790. The van der Waals surface area contributed by atoms with Crippen molar-refractivity contribution in [3.05, 3.63) is 29.3 Å². The summed E-state index contributed by atoms with van der Waals surface area (Å²) in [5.74, 6) is 7.56. The van der Waals surface area contributed by atoms with E-state index in [0.29, 0.717) is 17.8 Å².